The number of benzene rings is 2. The fraction of sp³-hybridized carbons (Fsp3) is 0.105. The molecule has 0 atom stereocenters. The number of nitrogens with one attached hydrogen (secondary N) is 2. The maximum Gasteiger partial charge on any atom is 0.501 e. The van der Waals surface area contributed by atoms with Gasteiger partial charge in [-0.2, -0.15) is 13.2 Å². The quantitative estimate of drug-likeness (QED) is 0.376. The van der Waals surface area contributed by atoms with Crippen LogP contribution in [0.4, 0.5) is 35.5 Å². The number of fused-ring (bicyclic) bond motifs is 1. The first-order valence-electron chi connectivity index (χ1n) is 9.22. The zero-order valence-electron chi connectivity index (χ0n) is 17.0. The smallest absolute Gasteiger partial charge is 0.338 e. The number of nitrogens with zero attached hydrogens (tertiary/aromatic N) is 3. The van der Waals surface area contributed by atoms with Crippen molar-refractivity contribution in [2.75, 3.05) is 16.9 Å². The SMILES string of the molecule is CS(=O)(=O)c1ccccc1Nc1nc2c(Nc3ccc(S(=O)(=O)C(F)(F)F)cc3)ncnc2s1. The Labute approximate surface area is 195 Å². The number of sulfone groups is 2. The normalized spacial score (nSPS) is 12.6. The number of thiazole rings is 1. The molecule has 2 heterocycles. The highest BCUT2D eigenvalue weighted by molar-refractivity contribution is 7.92. The average molecular weight is 530 g/mol. The Kier molecular flexibility index (Phi) is 5.95. The van der Waals surface area contributed by atoms with E-state index in [1.807, 2.05) is 0 Å². The first kappa shape index (κ1) is 23.8. The Morgan fingerprint density at radius 1 is 0.912 bits per heavy atom. The summed E-state index contributed by atoms with van der Waals surface area (Å²) in [7, 11) is -8.95. The van der Waals surface area contributed by atoms with Gasteiger partial charge in [0.2, 0.25) is 0 Å². The predicted molar refractivity (Wildman–Crippen MR) is 121 cm³/mol. The average Bonchev–Trinajstić information content (AvgIpc) is 3.16. The molecule has 0 unspecified atom stereocenters. The van der Waals surface area contributed by atoms with Crippen molar-refractivity contribution in [2.45, 2.75) is 15.3 Å². The van der Waals surface area contributed by atoms with Gasteiger partial charge in [0.25, 0.3) is 9.84 Å². The lowest BCUT2D eigenvalue weighted by Crippen LogP contribution is -2.23. The third kappa shape index (κ3) is 4.67. The molecule has 4 rings (SSSR count). The summed E-state index contributed by atoms with van der Waals surface area (Å²) in [6.45, 7) is 0. The van der Waals surface area contributed by atoms with Crippen molar-refractivity contribution in [3.63, 3.8) is 0 Å². The van der Waals surface area contributed by atoms with Gasteiger partial charge in [-0.1, -0.05) is 23.5 Å². The number of halogens is 3. The van der Waals surface area contributed by atoms with Crippen LogP contribution in [0.25, 0.3) is 10.3 Å². The summed E-state index contributed by atoms with van der Waals surface area (Å²) in [5, 5.41) is 6.16. The fourth-order valence-electron chi connectivity index (χ4n) is 2.90. The lowest BCUT2D eigenvalue weighted by atomic mass is 10.3. The van der Waals surface area contributed by atoms with E-state index in [0.717, 1.165) is 29.7 Å². The summed E-state index contributed by atoms with van der Waals surface area (Å²) in [5.41, 5.74) is -4.49. The third-order valence-electron chi connectivity index (χ3n) is 4.46. The molecule has 15 heteroatoms. The second-order valence-corrected chi connectivity index (χ2v) is 11.8. The minimum atomic E-state index is -5.46. The molecule has 0 bridgehead atoms. The Hall–Kier alpha value is -3.30. The molecule has 0 aliphatic heterocycles. The summed E-state index contributed by atoms with van der Waals surface area (Å²) in [6, 6.07) is 10.3. The van der Waals surface area contributed by atoms with E-state index in [9.17, 15) is 30.0 Å². The Bertz CT molecular complexity index is 1590. The molecule has 0 amide bonds. The molecule has 2 aromatic heterocycles. The van der Waals surface area contributed by atoms with Crippen LogP contribution in [0.15, 0.2) is 64.6 Å². The molecule has 0 saturated heterocycles. The van der Waals surface area contributed by atoms with Crippen molar-refractivity contribution in [3.05, 3.63) is 54.9 Å². The van der Waals surface area contributed by atoms with Crippen LogP contribution in [0.2, 0.25) is 0 Å². The van der Waals surface area contributed by atoms with Gasteiger partial charge >= 0.3 is 5.51 Å². The van der Waals surface area contributed by atoms with E-state index in [4.69, 9.17) is 0 Å². The lowest BCUT2D eigenvalue weighted by molar-refractivity contribution is -0.0436. The highest BCUT2D eigenvalue weighted by Crippen LogP contribution is 2.34. The van der Waals surface area contributed by atoms with Crippen LogP contribution in [0.1, 0.15) is 0 Å². The van der Waals surface area contributed by atoms with Crippen LogP contribution in [0.5, 0.6) is 0 Å². The topological polar surface area (TPSA) is 131 Å². The molecular weight excluding hydrogens is 515 g/mol. The Morgan fingerprint density at radius 3 is 2.24 bits per heavy atom. The molecule has 0 fully saturated rings. The van der Waals surface area contributed by atoms with E-state index < -0.39 is 30.1 Å². The third-order valence-corrected chi connectivity index (χ3v) is 7.99. The maximum atomic E-state index is 12.7. The zero-order chi connectivity index (χ0) is 24.7. The number of hydrogen-bond donors (Lipinski definition) is 2. The summed E-state index contributed by atoms with van der Waals surface area (Å²) in [6.07, 6.45) is 2.34. The van der Waals surface area contributed by atoms with Crippen molar-refractivity contribution in [2.24, 2.45) is 0 Å². The van der Waals surface area contributed by atoms with Crippen molar-refractivity contribution < 1.29 is 30.0 Å². The number of hydrogen-bond acceptors (Lipinski definition) is 10. The highest BCUT2D eigenvalue weighted by Gasteiger charge is 2.46. The molecule has 0 aliphatic carbocycles. The molecule has 2 N–H and O–H groups in total. The van der Waals surface area contributed by atoms with Gasteiger partial charge in [-0.05, 0) is 36.4 Å². The van der Waals surface area contributed by atoms with E-state index in [2.05, 4.69) is 25.6 Å². The van der Waals surface area contributed by atoms with Crippen LogP contribution in [-0.4, -0.2) is 43.6 Å². The molecule has 0 spiro atoms. The molecule has 2 aromatic carbocycles. The second-order valence-electron chi connectivity index (χ2n) is 6.89. The maximum absolute atomic E-state index is 12.7. The van der Waals surface area contributed by atoms with Crippen LogP contribution < -0.4 is 10.6 Å². The van der Waals surface area contributed by atoms with Crippen LogP contribution >= 0.6 is 11.3 Å². The zero-order valence-corrected chi connectivity index (χ0v) is 19.5. The summed E-state index contributed by atoms with van der Waals surface area (Å²) < 4.78 is 85.3. The van der Waals surface area contributed by atoms with Crippen molar-refractivity contribution in [1.82, 2.24) is 15.0 Å². The number of rotatable bonds is 6. The molecule has 0 radical (unpaired) electrons. The van der Waals surface area contributed by atoms with Gasteiger partial charge in [0.15, 0.2) is 25.6 Å². The molecule has 9 nitrogen and oxygen atoms in total. The molecule has 0 saturated carbocycles. The van der Waals surface area contributed by atoms with Crippen LogP contribution in [0.3, 0.4) is 0 Å². The van der Waals surface area contributed by atoms with E-state index in [-0.39, 0.29) is 16.4 Å². The number of aromatic nitrogens is 3. The van der Waals surface area contributed by atoms with Gasteiger partial charge < -0.3 is 10.6 Å². The number of anilines is 4. The van der Waals surface area contributed by atoms with Crippen molar-refractivity contribution in [3.8, 4) is 0 Å². The highest BCUT2D eigenvalue weighted by atomic mass is 32.2. The second kappa shape index (κ2) is 8.48. The minimum Gasteiger partial charge on any atom is -0.338 e. The van der Waals surface area contributed by atoms with Gasteiger partial charge in [0.05, 0.1) is 15.5 Å². The largest absolute Gasteiger partial charge is 0.501 e. The molecular formula is C19H14F3N5O4S3. The van der Waals surface area contributed by atoms with E-state index in [0.29, 0.717) is 21.2 Å². The summed E-state index contributed by atoms with van der Waals surface area (Å²) >= 11 is 1.13. The lowest BCUT2D eigenvalue weighted by Gasteiger charge is -2.09. The number of para-hydroxylation sites is 1. The monoisotopic (exact) mass is 529 g/mol. The summed E-state index contributed by atoms with van der Waals surface area (Å²) in [4.78, 5) is 12.3. The minimum absolute atomic E-state index is 0.0904. The summed E-state index contributed by atoms with van der Waals surface area (Å²) in [5.74, 6) is 0.220. The van der Waals surface area contributed by atoms with Gasteiger partial charge in [-0.15, -0.1) is 0 Å². The standard InChI is InChI=1S/C19H14F3N5O4S3/c1-33(28,29)14-5-3-2-4-13(14)26-18-27-15-16(23-10-24-17(15)32-18)25-11-6-8-12(9-7-11)34(30,31)19(20,21)22/h2-10H,1H3,(H,26,27)(H,23,24,25). The molecule has 0 aliphatic rings. The van der Waals surface area contributed by atoms with E-state index in [1.54, 1.807) is 18.2 Å². The Morgan fingerprint density at radius 2 is 1.59 bits per heavy atom. The van der Waals surface area contributed by atoms with Crippen molar-refractivity contribution in [1.29, 1.82) is 0 Å². The van der Waals surface area contributed by atoms with E-state index in [1.165, 1.54) is 24.5 Å². The fourth-order valence-corrected chi connectivity index (χ4v) is 5.32. The first-order valence-corrected chi connectivity index (χ1v) is 13.4. The van der Waals surface area contributed by atoms with Gasteiger partial charge in [-0.3, -0.25) is 0 Å². The Balaban J connectivity index is 1.63. The van der Waals surface area contributed by atoms with Crippen LogP contribution in [0, 0.1) is 0 Å². The van der Waals surface area contributed by atoms with Gasteiger partial charge in [-0.25, -0.2) is 31.8 Å². The molecule has 34 heavy (non-hydrogen) atoms. The number of alkyl halides is 3. The van der Waals surface area contributed by atoms with Crippen molar-refractivity contribution >= 4 is 63.7 Å². The predicted octanol–water partition coefficient (Wildman–Crippen LogP) is 4.27. The van der Waals surface area contributed by atoms with E-state index >= 15 is 0 Å². The molecule has 4 aromatic rings. The van der Waals surface area contributed by atoms with Gasteiger partial charge in [0, 0.05) is 11.9 Å². The first-order chi connectivity index (χ1) is 15.9. The molecule has 178 valence electrons. The van der Waals surface area contributed by atoms with Gasteiger partial charge in [0.1, 0.15) is 11.8 Å². The van der Waals surface area contributed by atoms with Crippen LogP contribution in [-0.2, 0) is 19.7 Å².